The van der Waals surface area contributed by atoms with E-state index in [1.54, 1.807) is 13.8 Å². The summed E-state index contributed by atoms with van der Waals surface area (Å²) in [7, 11) is -3.59. The van der Waals surface area contributed by atoms with Gasteiger partial charge in [0.1, 0.15) is 7.60 Å². The summed E-state index contributed by atoms with van der Waals surface area (Å²) in [4.78, 5) is 11.2. The van der Waals surface area contributed by atoms with Crippen LogP contribution in [0, 0.1) is 0 Å². The predicted octanol–water partition coefficient (Wildman–Crippen LogP) is 1.48. The fourth-order valence-electron chi connectivity index (χ4n) is 0.941. The van der Waals surface area contributed by atoms with E-state index >= 15 is 0 Å². The quantitative estimate of drug-likeness (QED) is 0.498. The number of hydrogen-bond donors (Lipinski definition) is 1. The molecule has 0 radical (unpaired) electrons. The van der Waals surface area contributed by atoms with Crippen molar-refractivity contribution in [3.05, 3.63) is 0 Å². The normalized spacial score (nSPS) is 15.8. The molecule has 0 bridgehead atoms. The van der Waals surface area contributed by atoms with Gasteiger partial charge in [-0.2, -0.15) is 0 Å². The smallest absolute Gasteiger partial charge is 0.137 e. The molecule has 0 aromatic rings. The van der Waals surface area contributed by atoms with Crippen molar-refractivity contribution in [3.8, 4) is 0 Å². The molecule has 0 aliphatic carbocycles. The predicted molar refractivity (Wildman–Crippen MR) is 56.2 cm³/mol. The summed E-state index contributed by atoms with van der Waals surface area (Å²) < 4.78 is 16.0. The van der Waals surface area contributed by atoms with Crippen LogP contribution in [0.25, 0.3) is 0 Å². The van der Waals surface area contributed by atoms with Gasteiger partial charge < -0.3 is 19.7 Å². The Morgan fingerprint density at radius 1 is 1.29 bits per heavy atom. The van der Waals surface area contributed by atoms with Gasteiger partial charge in [0, 0.05) is 5.66 Å². The van der Waals surface area contributed by atoms with E-state index in [1.165, 1.54) is 0 Å². The molecule has 0 saturated carbocycles. The molecular formula is C9H21NO3P-. The van der Waals surface area contributed by atoms with Gasteiger partial charge in [-0.1, -0.05) is 26.7 Å². The van der Waals surface area contributed by atoms with E-state index in [0.717, 1.165) is 25.7 Å². The Bertz CT molecular complexity index is 185. The lowest BCUT2D eigenvalue weighted by molar-refractivity contribution is -0.200. The Balaban J connectivity index is 3.40. The Kier molecular flexibility index (Phi) is 7.47. The van der Waals surface area contributed by atoms with E-state index in [-0.39, 0.29) is 0 Å². The highest BCUT2D eigenvalue weighted by molar-refractivity contribution is 7.52. The van der Waals surface area contributed by atoms with Crippen molar-refractivity contribution in [3.63, 3.8) is 0 Å². The second-order valence-corrected chi connectivity index (χ2v) is 6.04. The van der Waals surface area contributed by atoms with Crippen LogP contribution >= 0.6 is 7.60 Å². The zero-order valence-corrected chi connectivity index (χ0v) is 9.96. The van der Waals surface area contributed by atoms with Crippen LogP contribution in [0.15, 0.2) is 0 Å². The minimum Gasteiger partial charge on any atom is -0.778 e. The SMILES string of the molecule is CC(C)P(=O)([O-])OCCCCCCN. The minimum atomic E-state index is -3.59. The molecule has 0 rings (SSSR count). The number of rotatable bonds is 8. The van der Waals surface area contributed by atoms with Crippen LogP contribution in [0.2, 0.25) is 0 Å². The Hall–Kier alpha value is 0.110. The van der Waals surface area contributed by atoms with E-state index in [1.807, 2.05) is 0 Å². The summed E-state index contributed by atoms with van der Waals surface area (Å²) in [5.41, 5.74) is 4.90. The molecule has 5 heteroatoms. The van der Waals surface area contributed by atoms with Gasteiger partial charge in [-0.15, -0.1) is 0 Å². The molecular weight excluding hydrogens is 201 g/mol. The van der Waals surface area contributed by atoms with Crippen molar-refractivity contribution in [1.82, 2.24) is 0 Å². The Morgan fingerprint density at radius 2 is 1.86 bits per heavy atom. The molecule has 0 aliphatic rings. The zero-order chi connectivity index (χ0) is 11.0. The zero-order valence-electron chi connectivity index (χ0n) is 9.07. The molecule has 1 atom stereocenters. The lowest BCUT2D eigenvalue weighted by Gasteiger charge is -2.26. The highest BCUT2D eigenvalue weighted by atomic mass is 31.2. The Labute approximate surface area is 86.4 Å². The van der Waals surface area contributed by atoms with E-state index in [2.05, 4.69) is 0 Å². The number of unbranched alkanes of at least 4 members (excludes halogenated alkanes) is 3. The Morgan fingerprint density at radius 3 is 2.36 bits per heavy atom. The highest BCUT2D eigenvalue weighted by Gasteiger charge is 2.12. The molecule has 0 aliphatic heterocycles. The average molecular weight is 222 g/mol. The molecule has 2 N–H and O–H groups in total. The van der Waals surface area contributed by atoms with Crippen LogP contribution in [0.1, 0.15) is 39.5 Å². The molecule has 0 saturated heterocycles. The second kappa shape index (κ2) is 7.41. The third-order valence-corrected chi connectivity index (χ3v) is 3.81. The first-order valence-electron chi connectivity index (χ1n) is 5.16. The second-order valence-electron chi connectivity index (χ2n) is 3.67. The molecule has 0 heterocycles. The van der Waals surface area contributed by atoms with Crippen LogP contribution in [0.5, 0.6) is 0 Å². The molecule has 4 nitrogen and oxygen atoms in total. The topological polar surface area (TPSA) is 75.4 Å². The van der Waals surface area contributed by atoms with Crippen molar-refractivity contribution in [2.75, 3.05) is 13.2 Å². The van der Waals surface area contributed by atoms with Crippen molar-refractivity contribution in [2.45, 2.75) is 45.2 Å². The molecule has 0 amide bonds. The molecule has 0 spiro atoms. The van der Waals surface area contributed by atoms with Gasteiger partial charge in [0.2, 0.25) is 0 Å². The average Bonchev–Trinajstić information content (AvgIpc) is 2.10. The van der Waals surface area contributed by atoms with E-state index in [4.69, 9.17) is 10.3 Å². The van der Waals surface area contributed by atoms with Crippen molar-refractivity contribution in [2.24, 2.45) is 5.73 Å². The third kappa shape index (κ3) is 6.55. The van der Waals surface area contributed by atoms with E-state index < -0.39 is 13.3 Å². The molecule has 1 unspecified atom stereocenters. The van der Waals surface area contributed by atoms with Crippen molar-refractivity contribution < 1.29 is 14.0 Å². The lowest BCUT2D eigenvalue weighted by Crippen LogP contribution is -2.14. The monoisotopic (exact) mass is 222 g/mol. The van der Waals surface area contributed by atoms with Gasteiger partial charge in [0.25, 0.3) is 0 Å². The molecule has 86 valence electrons. The summed E-state index contributed by atoms with van der Waals surface area (Å²) in [6.07, 6.45) is 3.82. The minimum absolute atomic E-state index is 0.309. The first-order valence-corrected chi connectivity index (χ1v) is 6.77. The fraction of sp³-hybridized carbons (Fsp3) is 1.00. The summed E-state index contributed by atoms with van der Waals surface area (Å²) in [6, 6.07) is 0. The van der Waals surface area contributed by atoms with E-state index in [9.17, 15) is 9.46 Å². The van der Waals surface area contributed by atoms with Gasteiger partial charge in [-0.25, -0.2) is 0 Å². The van der Waals surface area contributed by atoms with Crippen molar-refractivity contribution in [1.29, 1.82) is 0 Å². The maximum atomic E-state index is 11.2. The molecule has 0 fully saturated rings. The maximum Gasteiger partial charge on any atom is 0.137 e. The van der Waals surface area contributed by atoms with Crippen LogP contribution in [0.3, 0.4) is 0 Å². The summed E-state index contributed by atoms with van der Waals surface area (Å²) >= 11 is 0. The third-order valence-electron chi connectivity index (χ3n) is 2.00. The number of nitrogens with two attached hydrogens (primary N) is 1. The highest BCUT2D eigenvalue weighted by Crippen LogP contribution is 2.42. The maximum absolute atomic E-state index is 11.2. The van der Waals surface area contributed by atoms with Gasteiger partial charge >= 0.3 is 0 Å². The summed E-state index contributed by atoms with van der Waals surface area (Å²) in [5, 5.41) is 0. The molecule has 0 aromatic heterocycles. The standard InChI is InChI=1S/C9H22NO3P/c1-9(2)14(11,12)13-8-6-4-3-5-7-10/h9H,3-8,10H2,1-2H3,(H,11,12)/p-1. The van der Waals surface area contributed by atoms with E-state index in [0.29, 0.717) is 13.2 Å². The van der Waals surface area contributed by atoms with Crippen LogP contribution < -0.4 is 10.6 Å². The van der Waals surface area contributed by atoms with Crippen LogP contribution in [-0.2, 0) is 9.09 Å². The first kappa shape index (κ1) is 14.1. The van der Waals surface area contributed by atoms with Crippen molar-refractivity contribution >= 4 is 7.60 Å². The van der Waals surface area contributed by atoms with Crippen LogP contribution in [0.4, 0.5) is 0 Å². The summed E-state index contributed by atoms with van der Waals surface area (Å²) in [6.45, 7) is 4.26. The van der Waals surface area contributed by atoms with Gasteiger partial charge in [0.05, 0.1) is 6.61 Å². The first-order chi connectivity index (χ1) is 6.50. The number of hydrogen-bond acceptors (Lipinski definition) is 4. The van der Waals surface area contributed by atoms with Gasteiger partial charge in [0.15, 0.2) is 0 Å². The largest absolute Gasteiger partial charge is 0.778 e. The van der Waals surface area contributed by atoms with Gasteiger partial charge in [-0.05, 0) is 19.4 Å². The van der Waals surface area contributed by atoms with Crippen LogP contribution in [-0.4, -0.2) is 18.8 Å². The molecule has 0 aromatic carbocycles. The molecule has 14 heavy (non-hydrogen) atoms. The fourth-order valence-corrected chi connectivity index (χ4v) is 1.62. The van der Waals surface area contributed by atoms with Gasteiger partial charge in [-0.3, -0.25) is 0 Å². The summed E-state index contributed by atoms with van der Waals surface area (Å²) in [5.74, 6) is 0. The lowest BCUT2D eigenvalue weighted by atomic mass is 10.2.